The number of hydrogen-bond donors (Lipinski definition) is 1. The molecule has 0 amide bonds. The van der Waals surface area contributed by atoms with Crippen molar-refractivity contribution in [3.05, 3.63) is 82.9 Å². The molecule has 1 aliphatic rings. The van der Waals surface area contributed by atoms with Crippen LogP contribution < -0.4 is 0 Å². The molecule has 2 aromatic rings. The van der Waals surface area contributed by atoms with Crippen LogP contribution in [0.2, 0.25) is 0 Å². The van der Waals surface area contributed by atoms with Gasteiger partial charge in [-0.15, -0.1) is 0 Å². The predicted octanol–water partition coefficient (Wildman–Crippen LogP) is 4.12. The van der Waals surface area contributed by atoms with Crippen LogP contribution in [-0.4, -0.2) is 17.5 Å². The van der Waals surface area contributed by atoms with Crippen LogP contribution in [0.3, 0.4) is 0 Å². The largest absolute Gasteiger partial charge is 0.396 e. The molecule has 0 atom stereocenters. The average molecular weight is 290 g/mol. The highest BCUT2D eigenvalue weighted by atomic mass is 16.2. The van der Waals surface area contributed by atoms with Crippen LogP contribution >= 0.6 is 0 Å². The lowest BCUT2D eigenvalue weighted by molar-refractivity contribution is 0.103. The standard InChI is InChI=1S/C20H18O2/c21-14-6-11-19-17(13-12-15-7-2-1-3-8-15)16-9-4-5-10-18(16)20(19)22/h1-5,7-10,12-13,21H,6,11,14H2/b13-12+. The van der Waals surface area contributed by atoms with Gasteiger partial charge in [-0.25, -0.2) is 0 Å². The zero-order valence-corrected chi connectivity index (χ0v) is 12.3. The number of benzene rings is 2. The summed E-state index contributed by atoms with van der Waals surface area (Å²) in [5, 5.41) is 9.07. The number of aliphatic hydroxyl groups is 1. The Balaban J connectivity index is 2.00. The third-order valence-electron chi connectivity index (χ3n) is 3.89. The summed E-state index contributed by atoms with van der Waals surface area (Å²) in [5.41, 5.74) is 4.66. The Labute approximate surface area is 130 Å². The monoisotopic (exact) mass is 290 g/mol. The van der Waals surface area contributed by atoms with Gasteiger partial charge >= 0.3 is 0 Å². The number of rotatable bonds is 5. The molecule has 110 valence electrons. The summed E-state index contributed by atoms with van der Waals surface area (Å²) in [6, 6.07) is 17.8. The van der Waals surface area contributed by atoms with Crippen LogP contribution in [0.15, 0.2) is 66.2 Å². The molecule has 2 nitrogen and oxygen atoms in total. The van der Waals surface area contributed by atoms with Gasteiger partial charge < -0.3 is 5.11 Å². The lowest BCUT2D eigenvalue weighted by Crippen LogP contribution is -1.99. The Hall–Kier alpha value is -2.45. The lowest BCUT2D eigenvalue weighted by Gasteiger charge is -2.02. The summed E-state index contributed by atoms with van der Waals surface area (Å²) in [6.45, 7) is 0.100. The summed E-state index contributed by atoms with van der Waals surface area (Å²) in [7, 11) is 0. The van der Waals surface area contributed by atoms with E-state index >= 15 is 0 Å². The van der Waals surface area contributed by atoms with E-state index in [9.17, 15) is 4.79 Å². The van der Waals surface area contributed by atoms with Crippen LogP contribution in [0, 0.1) is 0 Å². The van der Waals surface area contributed by atoms with E-state index in [2.05, 4.69) is 0 Å². The van der Waals surface area contributed by atoms with Crippen molar-refractivity contribution >= 4 is 17.4 Å². The molecule has 0 saturated carbocycles. The fourth-order valence-corrected chi connectivity index (χ4v) is 2.80. The molecule has 1 aliphatic carbocycles. The van der Waals surface area contributed by atoms with Crippen molar-refractivity contribution in [2.45, 2.75) is 12.8 Å². The van der Waals surface area contributed by atoms with Crippen molar-refractivity contribution in [1.29, 1.82) is 0 Å². The molecule has 0 heterocycles. The van der Waals surface area contributed by atoms with Gasteiger partial charge in [0.15, 0.2) is 5.78 Å². The summed E-state index contributed by atoms with van der Waals surface area (Å²) in [6.07, 6.45) is 5.27. The molecule has 3 rings (SSSR count). The van der Waals surface area contributed by atoms with E-state index in [1.807, 2.05) is 66.7 Å². The highest BCUT2D eigenvalue weighted by Gasteiger charge is 2.26. The molecule has 0 radical (unpaired) electrons. The molecular weight excluding hydrogens is 272 g/mol. The fourth-order valence-electron chi connectivity index (χ4n) is 2.80. The molecule has 2 heteroatoms. The predicted molar refractivity (Wildman–Crippen MR) is 89.5 cm³/mol. The van der Waals surface area contributed by atoms with Crippen LogP contribution in [0.5, 0.6) is 0 Å². The lowest BCUT2D eigenvalue weighted by atomic mass is 10.0. The van der Waals surface area contributed by atoms with E-state index in [4.69, 9.17) is 5.11 Å². The highest BCUT2D eigenvalue weighted by Crippen LogP contribution is 2.36. The van der Waals surface area contributed by atoms with Gasteiger partial charge in [-0.05, 0) is 29.5 Å². The van der Waals surface area contributed by atoms with E-state index in [1.54, 1.807) is 0 Å². The van der Waals surface area contributed by atoms with Crippen molar-refractivity contribution in [3.63, 3.8) is 0 Å². The first-order chi connectivity index (χ1) is 10.8. The van der Waals surface area contributed by atoms with Gasteiger partial charge in [-0.3, -0.25) is 4.79 Å². The normalized spacial score (nSPS) is 14.0. The number of ketones is 1. The third-order valence-corrected chi connectivity index (χ3v) is 3.89. The second-order valence-electron chi connectivity index (χ2n) is 5.34. The molecule has 0 saturated heterocycles. The fraction of sp³-hybridized carbons (Fsp3) is 0.150. The van der Waals surface area contributed by atoms with Gasteiger partial charge in [0.05, 0.1) is 0 Å². The molecule has 0 spiro atoms. The minimum atomic E-state index is 0.0942. The Morgan fingerprint density at radius 3 is 2.27 bits per heavy atom. The zero-order chi connectivity index (χ0) is 15.4. The number of carbonyl (C=O) groups excluding carboxylic acids is 1. The smallest absolute Gasteiger partial charge is 0.190 e. The molecule has 0 aliphatic heterocycles. The molecule has 0 unspecified atom stereocenters. The second kappa shape index (κ2) is 6.54. The Morgan fingerprint density at radius 1 is 0.864 bits per heavy atom. The van der Waals surface area contributed by atoms with Gasteiger partial charge in [-0.1, -0.05) is 66.7 Å². The Kier molecular flexibility index (Phi) is 4.31. The Morgan fingerprint density at radius 2 is 1.55 bits per heavy atom. The SMILES string of the molecule is O=C1C(CCCO)=C(/C=C/c2ccccc2)c2ccccc21. The number of Topliss-reactive ketones (excluding diaryl/α,β-unsaturated/α-hetero) is 1. The van der Waals surface area contributed by atoms with Crippen molar-refractivity contribution in [3.8, 4) is 0 Å². The van der Waals surface area contributed by atoms with E-state index in [0.717, 1.165) is 27.8 Å². The van der Waals surface area contributed by atoms with Crippen molar-refractivity contribution in [1.82, 2.24) is 0 Å². The zero-order valence-electron chi connectivity index (χ0n) is 12.3. The molecule has 1 N–H and O–H groups in total. The average Bonchev–Trinajstić information content (AvgIpc) is 2.84. The first kappa shape index (κ1) is 14.5. The highest BCUT2D eigenvalue weighted by molar-refractivity contribution is 6.22. The summed E-state index contributed by atoms with van der Waals surface area (Å²) >= 11 is 0. The number of carbonyl (C=O) groups is 1. The first-order valence-electron chi connectivity index (χ1n) is 7.52. The van der Waals surface area contributed by atoms with E-state index in [0.29, 0.717) is 12.8 Å². The maximum Gasteiger partial charge on any atom is 0.190 e. The molecular formula is C20H18O2. The third kappa shape index (κ3) is 2.78. The number of hydrogen-bond acceptors (Lipinski definition) is 2. The number of fused-ring (bicyclic) bond motifs is 1. The van der Waals surface area contributed by atoms with Gasteiger partial charge in [-0.2, -0.15) is 0 Å². The van der Waals surface area contributed by atoms with Crippen LogP contribution in [0.1, 0.15) is 34.3 Å². The molecule has 0 fully saturated rings. The minimum absolute atomic E-state index is 0.0942. The molecule has 22 heavy (non-hydrogen) atoms. The number of allylic oxidation sites excluding steroid dienone is 3. The minimum Gasteiger partial charge on any atom is -0.396 e. The Bertz CT molecular complexity index is 739. The van der Waals surface area contributed by atoms with Gasteiger partial charge in [0, 0.05) is 17.7 Å². The van der Waals surface area contributed by atoms with E-state index in [-0.39, 0.29) is 12.4 Å². The number of aliphatic hydroxyl groups excluding tert-OH is 1. The van der Waals surface area contributed by atoms with Crippen LogP contribution in [-0.2, 0) is 0 Å². The van der Waals surface area contributed by atoms with E-state index < -0.39 is 0 Å². The van der Waals surface area contributed by atoms with Crippen LogP contribution in [0.4, 0.5) is 0 Å². The van der Waals surface area contributed by atoms with E-state index in [1.165, 1.54) is 0 Å². The first-order valence-corrected chi connectivity index (χ1v) is 7.52. The summed E-state index contributed by atoms with van der Waals surface area (Å²) in [5.74, 6) is 0.0942. The molecule has 0 bridgehead atoms. The van der Waals surface area contributed by atoms with Crippen molar-refractivity contribution in [2.24, 2.45) is 0 Å². The van der Waals surface area contributed by atoms with Crippen LogP contribution in [0.25, 0.3) is 11.6 Å². The topological polar surface area (TPSA) is 37.3 Å². The summed E-state index contributed by atoms with van der Waals surface area (Å²) in [4.78, 5) is 12.6. The summed E-state index contributed by atoms with van der Waals surface area (Å²) < 4.78 is 0. The van der Waals surface area contributed by atoms with Gasteiger partial charge in [0.1, 0.15) is 0 Å². The maximum atomic E-state index is 12.6. The molecule has 2 aromatic carbocycles. The maximum absolute atomic E-state index is 12.6. The van der Waals surface area contributed by atoms with Gasteiger partial charge in [0.2, 0.25) is 0 Å². The quantitative estimate of drug-likeness (QED) is 0.899. The second-order valence-corrected chi connectivity index (χ2v) is 5.34. The molecule has 0 aromatic heterocycles. The van der Waals surface area contributed by atoms with Crippen molar-refractivity contribution in [2.75, 3.05) is 6.61 Å². The van der Waals surface area contributed by atoms with Gasteiger partial charge in [0.25, 0.3) is 0 Å². The van der Waals surface area contributed by atoms with Crippen molar-refractivity contribution < 1.29 is 9.90 Å².